The molecule has 7 nitrogen and oxygen atoms in total. The molecule has 0 bridgehead atoms. The number of nitrogens with zero attached hydrogens (tertiary/aromatic N) is 6. The van der Waals surface area contributed by atoms with Gasteiger partial charge in [0.2, 0.25) is 5.95 Å². The van der Waals surface area contributed by atoms with Crippen LogP contribution in [-0.4, -0.2) is 44.1 Å². The van der Waals surface area contributed by atoms with Crippen LogP contribution in [0.4, 0.5) is 11.8 Å². The first-order valence-electron chi connectivity index (χ1n) is 10.4. The van der Waals surface area contributed by atoms with Crippen LogP contribution in [0.3, 0.4) is 0 Å². The van der Waals surface area contributed by atoms with Gasteiger partial charge < -0.3 is 15.2 Å². The molecule has 0 aliphatic carbocycles. The Hall–Kier alpha value is -2.93. The summed E-state index contributed by atoms with van der Waals surface area (Å²) in [5.74, 6) is 2.42. The highest BCUT2D eigenvalue weighted by Crippen LogP contribution is 2.27. The van der Waals surface area contributed by atoms with E-state index in [-0.39, 0.29) is 0 Å². The maximum Gasteiger partial charge on any atom is 0.227 e. The molecule has 0 atom stereocenters. The van der Waals surface area contributed by atoms with E-state index >= 15 is 0 Å². The van der Waals surface area contributed by atoms with Crippen LogP contribution < -0.4 is 10.6 Å². The molecule has 2 N–H and O–H groups in total. The lowest BCUT2D eigenvalue weighted by molar-refractivity contribution is 0.237. The van der Waals surface area contributed by atoms with E-state index in [4.69, 9.17) is 10.7 Å². The number of pyridine rings is 1. The highest BCUT2D eigenvalue weighted by Gasteiger charge is 2.24. The Morgan fingerprint density at radius 2 is 1.97 bits per heavy atom. The molecule has 3 aromatic rings. The Kier molecular flexibility index (Phi) is 4.67. The summed E-state index contributed by atoms with van der Waals surface area (Å²) in [5.41, 5.74) is 10.9. The Balaban J connectivity index is 1.37. The van der Waals surface area contributed by atoms with Gasteiger partial charge in [0.1, 0.15) is 11.6 Å². The first-order valence-corrected chi connectivity index (χ1v) is 10.4. The van der Waals surface area contributed by atoms with E-state index in [0.29, 0.717) is 5.82 Å². The minimum Gasteiger partial charge on any atom is -0.383 e. The molecule has 0 aromatic carbocycles. The van der Waals surface area contributed by atoms with Crippen LogP contribution in [0.25, 0.3) is 5.82 Å². The second-order valence-corrected chi connectivity index (χ2v) is 8.05. The first-order chi connectivity index (χ1) is 14.2. The van der Waals surface area contributed by atoms with Gasteiger partial charge in [-0.25, -0.2) is 9.97 Å². The standard InChI is InChI=1S/C22H27N7/c1-16-6-8-24-20(13-16)29-11-4-5-17(29)14-27-12-7-18-19(15-27)25-22(26-21(18)23)28-9-2-3-10-28/h4-6,8,11,13H,2-3,7,9-10,12,14-15H2,1H3,(H2,23,25,26). The molecule has 150 valence electrons. The van der Waals surface area contributed by atoms with Crippen LogP contribution in [0.5, 0.6) is 0 Å². The van der Waals surface area contributed by atoms with Gasteiger partial charge in [0.25, 0.3) is 0 Å². The Morgan fingerprint density at radius 3 is 2.79 bits per heavy atom. The van der Waals surface area contributed by atoms with E-state index in [1.165, 1.54) is 24.1 Å². The molecule has 0 spiro atoms. The topological polar surface area (TPSA) is 76.1 Å². The fourth-order valence-electron chi connectivity index (χ4n) is 4.34. The number of aryl methyl sites for hydroxylation is 1. The number of anilines is 2. The van der Waals surface area contributed by atoms with Crippen molar-refractivity contribution >= 4 is 11.8 Å². The van der Waals surface area contributed by atoms with Crippen molar-refractivity contribution in [1.29, 1.82) is 0 Å². The molecule has 3 aromatic heterocycles. The summed E-state index contributed by atoms with van der Waals surface area (Å²) in [6, 6.07) is 8.40. The number of nitrogens with two attached hydrogens (primary N) is 1. The Labute approximate surface area is 171 Å². The summed E-state index contributed by atoms with van der Waals surface area (Å²) < 4.78 is 2.17. The van der Waals surface area contributed by atoms with Gasteiger partial charge >= 0.3 is 0 Å². The third-order valence-corrected chi connectivity index (χ3v) is 5.92. The van der Waals surface area contributed by atoms with Crippen LogP contribution in [0.2, 0.25) is 0 Å². The lowest BCUT2D eigenvalue weighted by atomic mass is 10.1. The molecule has 1 saturated heterocycles. The largest absolute Gasteiger partial charge is 0.383 e. The number of fused-ring (bicyclic) bond motifs is 1. The third-order valence-electron chi connectivity index (χ3n) is 5.92. The monoisotopic (exact) mass is 389 g/mol. The molecular formula is C22H27N7. The Bertz CT molecular complexity index is 1020. The van der Waals surface area contributed by atoms with E-state index in [2.05, 4.69) is 55.7 Å². The number of nitrogen functional groups attached to an aromatic ring is 1. The van der Waals surface area contributed by atoms with Gasteiger partial charge in [0.05, 0.1) is 5.69 Å². The smallest absolute Gasteiger partial charge is 0.227 e. The van der Waals surface area contributed by atoms with Crippen LogP contribution in [0.15, 0.2) is 36.7 Å². The van der Waals surface area contributed by atoms with Crippen molar-refractivity contribution in [3.05, 3.63) is 59.2 Å². The van der Waals surface area contributed by atoms with Gasteiger partial charge in [0, 0.05) is 56.4 Å². The van der Waals surface area contributed by atoms with E-state index in [0.717, 1.165) is 62.2 Å². The fourth-order valence-corrected chi connectivity index (χ4v) is 4.34. The lowest BCUT2D eigenvalue weighted by Crippen LogP contribution is -2.33. The molecule has 29 heavy (non-hydrogen) atoms. The van der Waals surface area contributed by atoms with Gasteiger partial charge in [-0.2, -0.15) is 4.98 Å². The molecule has 0 saturated carbocycles. The van der Waals surface area contributed by atoms with Crippen molar-refractivity contribution in [2.24, 2.45) is 0 Å². The summed E-state index contributed by atoms with van der Waals surface area (Å²) in [5, 5.41) is 0. The van der Waals surface area contributed by atoms with Crippen molar-refractivity contribution in [2.45, 2.75) is 39.3 Å². The van der Waals surface area contributed by atoms with Crippen LogP contribution in [0, 0.1) is 6.92 Å². The van der Waals surface area contributed by atoms with Gasteiger partial charge in [-0.05, 0) is 56.0 Å². The van der Waals surface area contributed by atoms with Crippen molar-refractivity contribution in [3.8, 4) is 5.82 Å². The molecular weight excluding hydrogens is 362 g/mol. The average molecular weight is 390 g/mol. The fraction of sp³-hybridized carbons (Fsp3) is 0.409. The highest BCUT2D eigenvalue weighted by molar-refractivity contribution is 5.49. The van der Waals surface area contributed by atoms with E-state index < -0.39 is 0 Å². The van der Waals surface area contributed by atoms with Crippen LogP contribution >= 0.6 is 0 Å². The van der Waals surface area contributed by atoms with Gasteiger partial charge in [-0.15, -0.1) is 0 Å². The zero-order valence-electron chi connectivity index (χ0n) is 16.9. The lowest BCUT2D eigenvalue weighted by Gasteiger charge is -2.29. The number of rotatable bonds is 4. The van der Waals surface area contributed by atoms with Crippen molar-refractivity contribution in [1.82, 2.24) is 24.4 Å². The summed E-state index contributed by atoms with van der Waals surface area (Å²) in [6.45, 7) is 6.76. The third kappa shape index (κ3) is 3.58. The SMILES string of the molecule is Cc1ccnc(-n2cccc2CN2CCc3c(N)nc(N4CCCC4)nc3C2)c1. The molecule has 5 heterocycles. The zero-order valence-corrected chi connectivity index (χ0v) is 16.9. The van der Waals surface area contributed by atoms with Gasteiger partial charge in [-0.1, -0.05) is 0 Å². The minimum atomic E-state index is 0.656. The second-order valence-electron chi connectivity index (χ2n) is 8.05. The summed E-state index contributed by atoms with van der Waals surface area (Å²) in [6.07, 6.45) is 7.25. The molecule has 2 aliphatic rings. The van der Waals surface area contributed by atoms with Gasteiger partial charge in [-0.3, -0.25) is 4.90 Å². The predicted molar refractivity (Wildman–Crippen MR) is 114 cm³/mol. The van der Waals surface area contributed by atoms with Crippen LogP contribution in [-0.2, 0) is 19.5 Å². The Morgan fingerprint density at radius 1 is 1.10 bits per heavy atom. The predicted octanol–water partition coefficient (Wildman–Crippen LogP) is 2.71. The number of aromatic nitrogens is 4. The van der Waals surface area contributed by atoms with E-state index in [1.54, 1.807) is 0 Å². The van der Waals surface area contributed by atoms with E-state index in [1.807, 2.05) is 12.3 Å². The molecule has 7 heteroatoms. The maximum atomic E-state index is 6.30. The zero-order chi connectivity index (χ0) is 19.8. The molecule has 0 radical (unpaired) electrons. The van der Waals surface area contributed by atoms with Crippen molar-refractivity contribution in [2.75, 3.05) is 30.3 Å². The maximum absolute atomic E-state index is 6.30. The molecule has 0 amide bonds. The highest BCUT2D eigenvalue weighted by atomic mass is 15.3. The molecule has 2 aliphatic heterocycles. The normalized spacial score (nSPS) is 16.9. The minimum absolute atomic E-state index is 0.656. The molecule has 1 fully saturated rings. The van der Waals surface area contributed by atoms with Crippen molar-refractivity contribution in [3.63, 3.8) is 0 Å². The van der Waals surface area contributed by atoms with Crippen LogP contribution in [0.1, 0.15) is 35.4 Å². The van der Waals surface area contributed by atoms with Crippen molar-refractivity contribution < 1.29 is 0 Å². The number of hydrogen-bond donors (Lipinski definition) is 1. The summed E-state index contributed by atoms with van der Waals surface area (Å²) >= 11 is 0. The summed E-state index contributed by atoms with van der Waals surface area (Å²) in [7, 11) is 0. The summed E-state index contributed by atoms with van der Waals surface area (Å²) in [4.78, 5) is 18.7. The average Bonchev–Trinajstić information content (AvgIpc) is 3.40. The van der Waals surface area contributed by atoms with Gasteiger partial charge in [0.15, 0.2) is 0 Å². The van der Waals surface area contributed by atoms with E-state index in [9.17, 15) is 0 Å². The number of hydrogen-bond acceptors (Lipinski definition) is 6. The first kappa shape index (κ1) is 18.1. The molecule has 5 rings (SSSR count). The molecule has 0 unspecified atom stereocenters. The second kappa shape index (κ2) is 7.48. The quantitative estimate of drug-likeness (QED) is 0.739.